The monoisotopic (exact) mass is 311 g/mol. The summed E-state index contributed by atoms with van der Waals surface area (Å²) in [4.78, 5) is 12.6. The smallest absolute Gasteiger partial charge is 0.234 e. The van der Waals surface area contributed by atoms with E-state index in [1.807, 2.05) is 0 Å². The number of benzene rings is 2. The molecule has 20 heavy (non-hydrogen) atoms. The van der Waals surface area contributed by atoms with Gasteiger partial charge in [-0.2, -0.15) is 0 Å². The molecule has 0 aliphatic carbocycles. The second-order valence-electron chi connectivity index (χ2n) is 3.95. The third-order valence-corrected chi connectivity index (χ3v) is 3.66. The summed E-state index contributed by atoms with van der Waals surface area (Å²) in [6.45, 7) is 0. The third kappa shape index (κ3) is 4.15. The van der Waals surface area contributed by atoms with E-state index in [0.717, 1.165) is 11.0 Å². The molecule has 0 unspecified atom stereocenters. The van der Waals surface area contributed by atoms with Gasteiger partial charge >= 0.3 is 0 Å². The van der Waals surface area contributed by atoms with E-state index in [1.165, 1.54) is 23.9 Å². The molecule has 2 rings (SSSR count). The van der Waals surface area contributed by atoms with Crippen molar-refractivity contribution < 1.29 is 14.3 Å². The fourth-order valence-corrected chi connectivity index (χ4v) is 2.33. The van der Waals surface area contributed by atoms with Gasteiger partial charge in [0.2, 0.25) is 5.91 Å². The first-order chi connectivity index (χ1) is 9.54. The van der Waals surface area contributed by atoms with Crippen molar-refractivity contribution >= 4 is 35.0 Å². The number of phenolic OH excluding ortho intramolecular Hbond substituents is 1. The quantitative estimate of drug-likeness (QED) is 0.842. The number of hydrogen-bond donors (Lipinski definition) is 2. The zero-order valence-corrected chi connectivity index (χ0v) is 11.8. The number of hydrogen-bond acceptors (Lipinski definition) is 3. The van der Waals surface area contributed by atoms with Gasteiger partial charge in [0.1, 0.15) is 11.6 Å². The molecule has 0 heterocycles. The number of halogens is 2. The number of rotatable bonds is 4. The molecule has 104 valence electrons. The van der Waals surface area contributed by atoms with Gasteiger partial charge in [-0.15, -0.1) is 11.8 Å². The Morgan fingerprint density at radius 2 is 1.95 bits per heavy atom. The van der Waals surface area contributed by atoms with E-state index in [2.05, 4.69) is 5.32 Å². The Labute approximate surface area is 124 Å². The van der Waals surface area contributed by atoms with Crippen LogP contribution in [0, 0.1) is 5.82 Å². The fraction of sp³-hybridized carbons (Fsp3) is 0.0714. The van der Waals surface area contributed by atoms with Gasteiger partial charge in [-0.1, -0.05) is 11.6 Å². The van der Waals surface area contributed by atoms with E-state index in [4.69, 9.17) is 16.7 Å². The van der Waals surface area contributed by atoms with E-state index in [0.29, 0.717) is 0 Å². The van der Waals surface area contributed by atoms with Gasteiger partial charge in [0.05, 0.1) is 11.4 Å². The number of nitrogens with one attached hydrogen (secondary N) is 1. The number of thioether (sulfide) groups is 1. The van der Waals surface area contributed by atoms with E-state index < -0.39 is 5.82 Å². The SMILES string of the molecule is O=C(CSc1ccc(O)cc1)Nc1ccc(Cl)cc1F. The maximum Gasteiger partial charge on any atom is 0.234 e. The van der Waals surface area contributed by atoms with Crippen molar-refractivity contribution in [2.75, 3.05) is 11.1 Å². The van der Waals surface area contributed by atoms with Gasteiger partial charge in [0, 0.05) is 9.92 Å². The molecule has 2 N–H and O–H groups in total. The molecule has 0 saturated heterocycles. The van der Waals surface area contributed by atoms with Gasteiger partial charge in [-0.3, -0.25) is 4.79 Å². The van der Waals surface area contributed by atoms with Crippen molar-refractivity contribution in [3.8, 4) is 5.75 Å². The lowest BCUT2D eigenvalue weighted by Crippen LogP contribution is -2.14. The summed E-state index contributed by atoms with van der Waals surface area (Å²) in [6, 6.07) is 10.6. The Morgan fingerprint density at radius 1 is 1.25 bits per heavy atom. The molecule has 0 fully saturated rings. The lowest BCUT2D eigenvalue weighted by Gasteiger charge is -2.06. The Balaban J connectivity index is 1.90. The van der Waals surface area contributed by atoms with Crippen LogP contribution in [0.1, 0.15) is 0 Å². The molecule has 0 atom stereocenters. The highest BCUT2D eigenvalue weighted by molar-refractivity contribution is 8.00. The van der Waals surface area contributed by atoms with Crippen molar-refractivity contribution in [1.29, 1.82) is 0 Å². The second-order valence-corrected chi connectivity index (χ2v) is 5.44. The van der Waals surface area contributed by atoms with E-state index in [9.17, 15) is 9.18 Å². The lowest BCUT2D eigenvalue weighted by molar-refractivity contribution is -0.113. The maximum absolute atomic E-state index is 13.5. The number of phenols is 1. The third-order valence-electron chi connectivity index (χ3n) is 2.41. The van der Waals surface area contributed by atoms with Crippen molar-refractivity contribution in [3.05, 3.63) is 53.3 Å². The van der Waals surface area contributed by atoms with E-state index in [-0.39, 0.29) is 28.1 Å². The van der Waals surface area contributed by atoms with Crippen LogP contribution in [-0.4, -0.2) is 16.8 Å². The summed E-state index contributed by atoms with van der Waals surface area (Å²) in [5.41, 5.74) is 0.103. The van der Waals surface area contributed by atoms with Crippen LogP contribution >= 0.6 is 23.4 Å². The minimum Gasteiger partial charge on any atom is -0.508 e. The molecule has 3 nitrogen and oxygen atoms in total. The van der Waals surface area contributed by atoms with Crippen LogP contribution in [0.2, 0.25) is 5.02 Å². The Bertz CT molecular complexity index is 619. The molecule has 0 saturated carbocycles. The average Bonchev–Trinajstić information content (AvgIpc) is 2.41. The molecule has 0 spiro atoms. The van der Waals surface area contributed by atoms with Crippen LogP contribution in [0.15, 0.2) is 47.4 Å². The lowest BCUT2D eigenvalue weighted by atomic mass is 10.3. The topological polar surface area (TPSA) is 49.3 Å². The van der Waals surface area contributed by atoms with Crippen LogP contribution < -0.4 is 5.32 Å². The summed E-state index contributed by atoms with van der Waals surface area (Å²) in [5, 5.41) is 11.9. The molecule has 0 aliphatic rings. The average molecular weight is 312 g/mol. The summed E-state index contributed by atoms with van der Waals surface area (Å²) < 4.78 is 13.5. The van der Waals surface area contributed by atoms with Crippen LogP contribution in [0.5, 0.6) is 5.75 Å². The fourth-order valence-electron chi connectivity index (χ4n) is 1.47. The van der Waals surface area contributed by atoms with Crippen LogP contribution in [0.4, 0.5) is 10.1 Å². The van der Waals surface area contributed by atoms with E-state index in [1.54, 1.807) is 24.3 Å². The highest BCUT2D eigenvalue weighted by Gasteiger charge is 2.08. The van der Waals surface area contributed by atoms with Gasteiger partial charge in [-0.05, 0) is 42.5 Å². The Kier molecular flexibility index (Phi) is 4.87. The van der Waals surface area contributed by atoms with Crippen LogP contribution in [-0.2, 0) is 4.79 Å². The molecule has 1 amide bonds. The van der Waals surface area contributed by atoms with Gasteiger partial charge < -0.3 is 10.4 Å². The van der Waals surface area contributed by atoms with Gasteiger partial charge in [-0.25, -0.2) is 4.39 Å². The molecule has 0 bridgehead atoms. The molecule has 0 aliphatic heterocycles. The molecule has 2 aromatic rings. The van der Waals surface area contributed by atoms with E-state index >= 15 is 0 Å². The number of anilines is 1. The van der Waals surface area contributed by atoms with Gasteiger partial charge in [0.15, 0.2) is 0 Å². The Hall–Kier alpha value is -1.72. The maximum atomic E-state index is 13.5. The normalized spacial score (nSPS) is 10.3. The van der Waals surface area contributed by atoms with Crippen molar-refractivity contribution in [1.82, 2.24) is 0 Å². The highest BCUT2D eigenvalue weighted by Crippen LogP contribution is 2.22. The number of aromatic hydroxyl groups is 1. The van der Waals surface area contributed by atoms with Gasteiger partial charge in [0.25, 0.3) is 0 Å². The highest BCUT2D eigenvalue weighted by atomic mass is 35.5. The summed E-state index contributed by atoms with van der Waals surface area (Å²) >= 11 is 6.92. The predicted octanol–water partition coefficient (Wildman–Crippen LogP) is 3.92. The number of amides is 1. The standard InChI is InChI=1S/C14H11ClFNO2S/c15-9-1-6-13(12(16)7-9)17-14(19)8-20-11-4-2-10(18)3-5-11/h1-7,18H,8H2,(H,17,19). The molecular formula is C14H11ClFNO2S. The summed E-state index contributed by atoms with van der Waals surface area (Å²) in [7, 11) is 0. The Morgan fingerprint density at radius 3 is 2.60 bits per heavy atom. The van der Waals surface area contributed by atoms with Crippen molar-refractivity contribution in [3.63, 3.8) is 0 Å². The first-order valence-electron chi connectivity index (χ1n) is 5.71. The molecular weight excluding hydrogens is 301 g/mol. The second kappa shape index (κ2) is 6.63. The molecule has 0 radical (unpaired) electrons. The van der Waals surface area contributed by atoms with Crippen molar-refractivity contribution in [2.45, 2.75) is 4.90 Å². The first kappa shape index (κ1) is 14.7. The summed E-state index contributed by atoms with van der Waals surface area (Å²) in [5.74, 6) is -0.570. The van der Waals surface area contributed by atoms with Crippen LogP contribution in [0.25, 0.3) is 0 Å². The summed E-state index contributed by atoms with van der Waals surface area (Å²) in [6.07, 6.45) is 0. The first-order valence-corrected chi connectivity index (χ1v) is 7.08. The van der Waals surface area contributed by atoms with Crippen molar-refractivity contribution in [2.24, 2.45) is 0 Å². The predicted molar refractivity (Wildman–Crippen MR) is 78.9 cm³/mol. The molecule has 6 heteroatoms. The number of carbonyl (C=O) groups excluding carboxylic acids is 1. The molecule has 0 aromatic heterocycles. The zero-order valence-electron chi connectivity index (χ0n) is 10.3. The minimum absolute atomic E-state index is 0.103. The minimum atomic E-state index is -0.569. The largest absolute Gasteiger partial charge is 0.508 e. The number of carbonyl (C=O) groups is 1. The molecule has 2 aromatic carbocycles. The van der Waals surface area contributed by atoms with Crippen LogP contribution in [0.3, 0.4) is 0 Å². The zero-order chi connectivity index (χ0) is 14.5.